The van der Waals surface area contributed by atoms with Gasteiger partial charge in [-0.2, -0.15) is 5.10 Å². The van der Waals surface area contributed by atoms with Gasteiger partial charge in [0.25, 0.3) is 0 Å². The summed E-state index contributed by atoms with van der Waals surface area (Å²) < 4.78 is 1.96. The largest absolute Gasteiger partial charge is 0.330 e. The van der Waals surface area contributed by atoms with Crippen LogP contribution in [0.5, 0.6) is 0 Å². The van der Waals surface area contributed by atoms with Crippen molar-refractivity contribution in [2.75, 3.05) is 20.1 Å². The van der Waals surface area contributed by atoms with Gasteiger partial charge < -0.3 is 5.73 Å². The van der Waals surface area contributed by atoms with Crippen LogP contribution in [0.15, 0.2) is 6.20 Å². The van der Waals surface area contributed by atoms with Crippen LogP contribution < -0.4 is 5.73 Å². The van der Waals surface area contributed by atoms with Gasteiger partial charge in [0, 0.05) is 30.3 Å². The third kappa shape index (κ3) is 3.07. The summed E-state index contributed by atoms with van der Waals surface area (Å²) in [5.74, 6) is 0.535. The lowest BCUT2D eigenvalue weighted by Gasteiger charge is -2.33. The highest BCUT2D eigenvalue weighted by Gasteiger charge is 2.34. The molecule has 1 saturated heterocycles. The monoisotopic (exact) mass is 278 g/mol. The lowest BCUT2D eigenvalue weighted by atomic mass is 9.83. The van der Waals surface area contributed by atoms with Crippen LogP contribution in [0.3, 0.4) is 0 Å². The number of hydrogen-bond donors (Lipinski definition) is 1. The Bertz CT molecular complexity index is 444. The van der Waals surface area contributed by atoms with Crippen LogP contribution in [-0.2, 0) is 12.5 Å². The molecule has 2 N–H and O–H groups in total. The quantitative estimate of drug-likeness (QED) is 0.904. The van der Waals surface area contributed by atoms with E-state index in [1.54, 1.807) is 0 Å². The molecule has 1 aliphatic rings. The Kier molecular flexibility index (Phi) is 4.55. The fraction of sp³-hybridized carbons (Fsp3) is 0.812. The Morgan fingerprint density at radius 2 is 2.00 bits per heavy atom. The fourth-order valence-corrected chi connectivity index (χ4v) is 3.47. The van der Waals surface area contributed by atoms with Gasteiger partial charge in [-0.15, -0.1) is 0 Å². The van der Waals surface area contributed by atoms with Crippen molar-refractivity contribution in [2.45, 2.75) is 51.5 Å². The molecule has 0 spiro atoms. The molecular weight excluding hydrogens is 248 g/mol. The van der Waals surface area contributed by atoms with Crippen molar-refractivity contribution in [2.24, 2.45) is 18.7 Å². The number of nitrogens with zero attached hydrogens (tertiary/aromatic N) is 3. The summed E-state index contributed by atoms with van der Waals surface area (Å²) in [6, 6.07) is 0.408. The van der Waals surface area contributed by atoms with E-state index >= 15 is 0 Å². The van der Waals surface area contributed by atoms with E-state index in [9.17, 15) is 0 Å². The standard InChI is InChI=1S/C16H30N4/c1-16(2,3)15-13(11-20(5)18-15)14-12(10-17)8-6-7-9-19(14)4/h11-12,14H,6-10,17H2,1-5H3. The first-order chi connectivity index (χ1) is 9.34. The predicted octanol–water partition coefficient (Wildman–Crippen LogP) is 2.45. The maximum Gasteiger partial charge on any atom is 0.0725 e. The molecule has 0 radical (unpaired) electrons. The highest BCUT2D eigenvalue weighted by Crippen LogP contribution is 2.38. The summed E-state index contributed by atoms with van der Waals surface area (Å²) in [6.07, 6.45) is 5.99. The van der Waals surface area contributed by atoms with E-state index in [1.165, 1.54) is 30.5 Å². The van der Waals surface area contributed by atoms with Gasteiger partial charge in [-0.25, -0.2) is 0 Å². The van der Waals surface area contributed by atoms with Crippen molar-refractivity contribution in [1.29, 1.82) is 0 Å². The second kappa shape index (κ2) is 5.86. The molecule has 4 nitrogen and oxygen atoms in total. The first-order valence-electron chi connectivity index (χ1n) is 7.79. The van der Waals surface area contributed by atoms with Crippen LogP contribution in [-0.4, -0.2) is 34.8 Å². The van der Waals surface area contributed by atoms with E-state index in [1.807, 2.05) is 11.7 Å². The van der Waals surface area contributed by atoms with E-state index < -0.39 is 0 Å². The SMILES string of the molecule is CN1CCCCC(CN)C1c1cn(C)nc1C(C)(C)C. The molecule has 0 aliphatic carbocycles. The Hall–Kier alpha value is -0.870. The minimum absolute atomic E-state index is 0.0723. The number of likely N-dealkylation sites (tertiary alicyclic amines) is 1. The minimum atomic E-state index is 0.0723. The van der Waals surface area contributed by atoms with Crippen LogP contribution in [0, 0.1) is 5.92 Å². The molecule has 1 fully saturated rings. The van der Waals surface area contributed by atoms with Gasteiger partial charge in [-0.05, 0) is 38.9 Å². The molecule has 2 unspecified atom stereocenters. The van der Waals surface area contributed by atoms with E-state index in [4.69, 9.17) is 10.8 Å². The maximum absolute atomic E-state index is 6.07. The summed E-state index contributed by atoms with van der Waals surface area (Å²) in [6.45, 7) is 8.64. The van der Waals surface area contributed by atoms with Crippen LogP contribution in [0.4, 0.5) is 0 Å². The Labute approximate surface area is 123 Å². The Balaban J connectivity index is 2.46. The van der Waals surface area contributed by atoms with Crippen LogP contribution in [0.1, 0.15) is 57.3 Å². The second-order valence-corrected chi connectivity index (χ2v) is 7.27. The van der Waals surface area contributed by atoms with Crippen LogP contribution in [0.2, 0.25) is 0 Å². The van der Waals surface area contributed by atoms with Crippen molar-refractivity contribution < 1.29 is 0 Å². The molecule has 114 valence electrons. The predicted molar refractivity (Wildman–Crippen MR) is 83.7 cm³/mol. The van der Waals surface area contributed by atoms with Gasteiger partial charge in [-0.3, -0.25) is 9.58 Å². The zero-order valence-corrected chi connectivity index (χ0v) is 13.7. The van der Waals surface area contributed by atoms with E-state index in [-0.39, 0.29) is 5.41 Å². The molecule has 0 bridgehead atoms. The average molecular weight is 278 g/mol. The van der Waals surface area contributed by atoms with Crippen LogP contribution >= 0.6 is 0 Å². The third-order valence-electron chi connectivity index (χ3n) is 4.45. The third-order valence-corrected chi connectivity index (χ3v) is 4.45. The number of aromatic nitrogens is 2. The lowest BCUT2D eigenvalue weighted by molar-refractivity contribution is 0.193. The molecule has 20 heavy (non-hydrogen) atoms. The molecule has 4 heteroatoms. The summed E-state index contributed by atoms with van der Waals surface area (Å²) >= 11 is 0. The second-order valence-electron chi connectivity index (χ2n) is 7.27. The highest BCUT2D eigenvalue weighted by molar-refractivity contribution is 5.28. The first kappa shape index (κ1) is 15.5. The highest BCUT2D eigenvalue weighted by atomic mass is 15.3. The molecule has 0 amide bonds. The summed E-state index contributed by atoms with van der Waals surface area (Å²) in [7, 11) is 4.25. The number of nitrogens with two attached hydrogens (primary N) is 1. The molecule has 2 heterocycles. The number of hydrogen-bond acceptors (Lipinski definition) is 3. The molecule has 2 atom stereocenters. The number of rotatable bonds is 2. The lowest BCUT2D eigenvalue weighted by Crippen LogP contribution is -2.34. The average Bonchev–Trinajstić information content (AvgIpc) is 2.64. The normalized spacial score (nSPS) is 25.7. The molecule has 2 rings (SSSR count). The zero-order valence-electron chi connectivity index (χ0n) is 13.7. The summed E-state index contributed by atoms with van der Waals surface area (Å²) in [5, 5.41) is 4.74. The Morgan fingerprint density at radius 3 is 2.60 bits per heavy atom. The van der Waals surface area contributed by atoms with E-state index in [0.717, 1.165) is 13.1 Å². The van der Waals surface area contributed by atoms with Gasteiger partial charge >= 0.3 is 0 Å². The summed E-state index contributed by atoms with van der Waals surface area (Å²) in [4.78, 5) is 2.48. The van der Waals surface area contributed by atoms with Crippen LogP contribution in [0.25, 0.3) is 0 Å². The smallest absolute Gasteiger partial charge is 0.0725 e. The van der Waals surface area contributed by atoms with Crippen molar-refractivity contribution in [3.63, 3.8) is 0 Å². The van der Waals surface area contributed by atoms with Gasteiger partial charge in [-0.1, -0.05) is 27.2 Å². The van der Waals surface area contributed by atoms with Gasteiger partial charge in [0.2, 0.25) is 0 Å². The fourth-order valence-electron chi connectivity index (χ4n) is 3.47. The number of aryl methyl sites for hydroxylation is 1. The molecule has 0 aromatic carbocycles. The zero-order chi connectivity index (χ0) is 14.9. The Morgan fingerprint density at radius 1 is 1.30 bits per heavy atom. The summed E-state index contributed by atoms with van der Waals surface area (Å²) in [5.41, 5.74) is 8.74. The molecule has 1 aromatic heterocycles. The van der Waals surface area contributed by atoms with Gasteiger partial charge in [0.1, 0.15) is 0 Å². The minimum Gasteiger partial charge on any atom is -0.330 e. The van der Waals surface area contributed by atoms with Crippen molar-refractivity contribution in [3.8, 4) is 0 Å². The van der Waals surface area contributed by atoms with Crippen molar-refractivity contribution >= 4 is 0 Å². The van der Waals surface area contributed by atoms with Gasteiger partial charge in [0.15, 0.2) is 0 Å². The van der Waals surface area contributed by atoms with Crippen molar-refractivity contribution in [1.82, 2.24) is 14.7 Å². The van der Waals surface area contributed by atoms with E-state index in [0.29, 0.717) is 12.0 Å². The van der Waals surface area contributed by atoms with Crippen molar-refractivity contribution in [3.05, 3.63) is 17.5 Å². The molecule has 0 saturated carbocycles. The molecular formula is C16H30N4. The topological polar surface area (TPSA) is 47.1 Å². The first-order valence-corrected chi connectivity index (χ1v) is 7.79. The molecule has 1 aliphatic heterocycles. The molecule has 1 aromatic rings. The van der Waals surface area contributed by atoms with Gasteiger partial charge in [0.05, 0.1) is 5.69 Å². The van der Waals surface area contributed by atoms with E-state index in [2.05, 4.69) is 38.9 Å². The maximum atomic E-state index is 6.07.